The van der Waals surface area contributed by atoms with Crippen LogP contribution in [0.25, 0.3) is 0 Å². The lowest BCUT2D eigenvalue weighted by Crippen LogP contribution is -1.87. The molecular formula is C6H11Br. The molecule has 0 bridgehead atoms. The lowest BCUT2D eigenvalue weighted by atomic mass is 10.2. The zero-order chi connectivity index (χ0) is 5.86. The van der Waals surface area contributed by atoms with Crippen LogP contribution in [0, 0.1) is 0 Å². The van der Waals surface area contributed by atoms with Crippen molar-refractivity contribution in [2.45, 2.75) is 25.1 Å². The largest absolute Gasteiger partial charge is 0.100 e. The number of alkyl halides is 1. The first kappa shape index (κ1) is 7.22. The highest BCUT2D eigenvalue weighted by molar-refractivity contribution is 9.09. The molecule has 0 saturated heterocycles. The van der Waals surface area contributed by atoms with E-state index >= 15 is 0 Å². The van der Waals surface area contributed by atoms with Gasteiger partial charge in [-0.05, 0) is 13.3 Å². The minimum Gasteiger partial charge on any atom is -0.100 e. The molecule has 0 saturated carbocycles. The first-order valence-electron chi connectivity index (χ1n) is 2.41. The highest BCUT2D eigenvalue weighted by Gasteiger charge is 1.92. The van der Waals surface area contributed by atoms with Crippen LogP contribution in [0.1, 0.15) is 20.3 Å². The fraction of sp³-hybridized carbons (Fsp3) is 0.667. The molecule has 0 aromatic heterocycles. The van der Waals surface area contributed by atoms with Crippen LogP contribution < -0.4 is 0 Å². The molecule has 0 nitrogen and oxygen atoms in total. The summed E-state index contributed by atoms with van der Waals surface area (Å²) >= 11 is 3.41. The Morgan fingerprint density at radius 3 is 2.29 bits per heavy atom. The number of hydrogen-bond acceptors (Lipinski definition) is 0. The van der Waals surface area contributed by atoms with E-state index in [1.165, 1.54) is 5.57 Å². The van der Waals surface area contributed by atoms with Gasteiger partial charge in [0, 0.05) is 4.83 Å². The van der Waals surface area contributed by atoms with Crippen molar-refractivity contribution in [3.63, 3.8) is 0 Å². The van der Waals surface area contributed by atoms with E-state index in [9.17, 15) is 0 Å². The molecule has 0 spiro atoms. The summed E-state index contributed by atoms with van der Waals surface area (Å²) < 4.78 is 0. The summed E-state index contributed by atoms with van der Waals surface area (Å²) in [5, 5.41) is 0. The average Bonchev–Trinajstić information content (AvgIpc) is 1.27. The van der Waals surface area contributed by atoms with Crippen LogP contribution in [-0.4, -0.2) is 4.83 Å². The second kappa shape index (κ2) is 3.25. The van der Waals surface area contributed by atoms with Crippen molar-refractivity contribution in [2.24, 2.45) is 0 Å². The van der Waals surface area contributed by atoms with E-state index in [1.807, 2.05) is 6.92 Å². The maximum absolute atomic E-state index is 3.77. The fourth-order valence-corrected chi connectivity index (χ4v) is 1.03. The summed E-state index contributed by atoms with van der Waals surface area (Å²) in [5.41, 5.74) is 1.24. The van der Waals surface area contributed by atoms with Crippen LogP contribution in [0.2, 0.25) is 0 Å². The maximum Gasteiger partial charge on any atom is 0.0154 e. The third-order valence-electron chi connectivity index (χ3n) is 0.630. The molecule has 0 heterocycles. The van der Waals surface area contributed by atoms with Gasteiger partial charge in [-0.1, -0.05) is 28.4 Å². The van der Waals surface area contributed by atoms with Crippen molar-refractivity contribution in [3.05, 3.63) is 12.2 Å². The Morgan fingerprint density at radius 1 is 1.86 bits per heavy atom. The summed E-state index contributed by atoms with van der Waals surface area (Å²) in [5.74, 6) is 0. The molecule has 42 valence electrons. The molecule has 0 aliphatic carbocycles. The smallest absolute Gasteiger partial charge is 0.0154 e. The lowest BCUT2D eigenvalue weighted by Gasteiger charge is -1.98. The number of hydrogen-bond donors (Lipinski definition) is 0. The Bertz CT molecular complexity index is 64.6. The molecule has 1 heteroatoms. The molecule has 1 atom stereocenters. The molecule has 0 amide bonds. The molecule has 0 radical (unpaired) electrons. The molecule has 0 rings (SSSR count). The Kier molecular flexibility index (Phi) is 3.35. The van der Waals surface area contributed by atoms with Gasteiger partial charge in [0.25, 0.3) is 0 Å². The summed E-state index contributed by atoms with van der Waals surface area (Å²) in [6.07, 6.45) is 1.08. The van der Waals surface area contributed by atoms with Gasteiger partial charge in [0.05, 0.1) is 0 Å². The fourth-order valence-electron chi connectivity index (χ4n) is 0.480. The summed E-state index contributed by atoms with van der Waals surface area (Å²) in [6.45, 7) is 7.92. The Labute approximate surface area is 53.7 Å². The van der Waals surface area contributed by atoms with Crippen LogP contribution in [-0.2, 0) is 0 Å². The quantitative estimate of drug-likeness (QED) is 0.433. The van der Waals surface area contributed by atoms with Crippen LogP contribution in [0.15, 0.2) is 12.2 Å². The molecule has 7 heavy (non-hydrogen) atoms. The van der Waals surface area contributed by atoms with Gasteiger partial charge in [0.15, 0.2) is 0 Å². The maximum atomic E-state index is 3.77. The number of rotatable bonds is 2. The van der Waals surface area contributed by atoms with Gasteiger partial charge in [-0.3, -0.25) is 0 Å². The highest BCUT2D eigenvalue weighted by atomic mass is 79.9. The van der Waals surface area contributed by atoms with Gasteiger partial charge in [0.1, 0.15) is 0 Å². The van der Waals surface area contributed by atoms with Crippen LogP contribution >= 0.6 is 15.9 Å². The van der Waals surface area contributed by atoms with Crippen LogP contribution in [0.3, 0.4) is 0 Å². The van der Waals surface area contributed by atoms with Gasteiger partial charge >= 0.3 is 0 Å². The second-order valence-corrected chi connectivity index (χ2v) is 3.51. The zero-order valence-corrected chi connectivity index (χ0v) is 6.46. The van der Waals surface area contributed by atoms with E-state index < -0.39 is 0 Å². The predicted octanol–water partition coefficient (Wildman–Crippen LogP) is 2.74. The van der Waals surface area contributed by atoms with Crippen molar-refractivity contribution < 1.29 is 0 Å². The van der Waals surface area contributed by atoms with Crippen molar-refractivity contribution in [3.8, 4) is 0 Å². The van der Waals surface area contributed by atoms with E-state index in [0.29, 0.717) is 4.83 Å². The minimum atomic E-state index is 0.588. The van der Waals surface area contributed by atoms with Crippen LogP contribution in [0.4, 0.5) is 0 Å². The van der Waals surface area contributed by atoms with Gasteiger partial charge < -0.3 is 0 Å². The van der Waals surface area contributed by atoms with E-state index in [-0.39, 0.29) is 0 Å². The summed E-state index contributed by atoms with van der Waals surface area (Å²) in [6, 6.07) is 0. The standard InChI is InChI=1S/C6H11Br/c1-5(2)4-6(3)7/h6H,1,4H2,2-3H3. The lowest BCUT2D eigenvalue weighted by molar-refractivity contribution is 0.946. The molecule has 0 fully saturated rings. The highest BCUT2D eigenvalue weighted by Crippen LogP contribution is 2.08. The van der Waals surface area contributed by atoms with Gasteiger partial charge in [-0.2, -0.15) is 0 Å². The number of halogens is 1. The summed E-state index contributed by atoms with van der Waals surface area (Å²) in [7, 11) is 0. The second-order valence-electron chi connectivity index (χ2n) is 1.94. The molecule has 0 aromatic carbocycles. The Hall–Kier alpha value is 0.220. The van der Waals surface area contributed by atoms with E-state index in [2.05, 4.69) is 29.4 Å². The van der Waals surface area contributed by atoms with Crippen molar-refractivity contribution in [2.75, 3.05) is 0 Å². The third-order valence-corrected chi connectivity index (χ3v) is 0.953. The van der Waals surface area contributed by atoms with E-state index in [0.717, 1.165) is 6.42 Å². The third kappa shape index (κ3) is 6.22. The Morgan fingerprint density at radius 2 is 2.29 bits per heavy atom. The van der Waals surface area contributed by atoms with Crippen molar-refractivity contribution >= 4 is 15.9 Å². The van der Waals surface area contributed by atoms with Crippen LogP contribution in [0.5, 0.6) is 0 Å². The minimum absolute atomic E-state index is 0.588. The first-order valence-corrected chi connectivity index (χ1v) is 3.33. The topological polar surface area (TPSA) is 0 Å². The van der Waals surface area contributed by atoms with Gasteiger partial charge in [-0.15, -0.1) is 6.58 Å². The van der Waals surface area contributed by atoms with Gasteiger partial charge in [0.2, 0.25) is 0 Å². The van der Waals surface area contributed by atoms with E-state index in [1.54, 1.807) is 0 Å². The molecule has 0 aliphatic rings. The zero-order valence-electron chi connectivity index (χ0n) is 4.87. The monoisotopic (exact) mass is 162 g/mol. The molecule has 0 aromatic rings. The van der Waals surface area contributed by atoms with Crippen molar-refractivity contribution in [1.29, 1.82) is 0 Å². The normalized spacial score (nSPS) is 13.6. The molecule has 1 unspecified atom stereocenters. The average molecular weight is 163 g/mol. The first-order chi connectivity index (χ1) is 3.13. The molecular weight excluding hydrogens is 152 g/mol. The molecule has 0 N–H and O–H groups in total. The Balaban J connectivity index is 3.13. The molecule has 0 aliphatic heterocycles. The SMILES string of the molecule is C=C(C)CC(C)Br. The predicted molar refractivity (Wildman–Crippen MR) is 37.8 cm³/mol. The van der Waals surface area contributed by atoms with Gasteiger partial charge in [-0.25, -0.2) is 0 Å². The van der Waals surface area contributed by atoms with Crippen molar-refractivity contribution in [1.82, 2.24) is 0 Å². The van der Waals surface area contributed by atoms with E-state index in [4.69, 9.17) is 0 Å². The number of allylic oxidation sites excluding steroid dienone is 1. The summed E-state index contributed by atoms with van der Waals surface area (Å²) in [4.78, 5) is 0.588.